The van der Waals surface area contributed by atoms with Gasteiger partial charge in [-0.05, 0) is 50.6 Å². The van der Waals surface area contributed by atoms with E-state index in [0.717, 1.165) is 25.3 Å². The molecule has 0 N–H and O–H groups in total. The van der Waals surface area contributed by atoms with E-state index in [4.69, 9.17) is 0 Å². The van der Waals surface area contributed by atoms with Gasteiger partial charge in [0.2, 0.25) is 0 Å². The number of fused-ring (bicyclic) bond motifs is 2. The van der Waals surface area contributed by atoms with Crippen molar-refractivity contribution in [3.05, 3.63) is 12.2 Å². The third kappa shape index (κ3) is 2.97. The fraction of sp³-hybridized carbons (Fsp3) is 0.800. The van der Waals surface area contributed by atoms with Gasteiger partial charge in [0.25, 0.3) is 0 Å². The molecule has 18 heavy (non-hydrogen) atoms. The third-order valence-electron chi connectivity index (χ3n) is 4.82. The molecular weight excluding hydrogens is 246 g/mol. The summed E-state index contributed by atoms with van der Waals surface area (Å²) in [6.45, 7) is 3.43. The first-order valence-corrected chi connectivity index (χ1v) is 7.26. The Morgan fingerprint density at radius 2 is 1.89 bits per heavy atom. The minimum absolute atomic E-state index is 0. The van der Waals surface area contributed by atoms with E-state index in [9.17, 15) is 4.79 Å². The summed E-state index contributed by atoms with van der Waals surface area (Å²) >= 11 is 0. The molecule has 2 nitrogen and oxygen atoms in total. The van der Waals surface area contributed by atoms with Crippen molar-refractivity contribution < 1.29 is 4.79 Å². The van der Waals surface area contributed by atoms with Gasteiger partial charge in [-0.3, -0.25) is 4.79 Å². The van der Waals surface area contributed by atoms with Gasteiger partial charge in [-0.1, -0.05) is 18.6 Å². The van der Waals surface area contributed by atoms with E-state index in [-0.39, 0.29) is 12.4 Å². The highest BCUT2D eigenvalue weighted by Gasteiger charge is 2.39. The van der Waals surface area contributed by atoms with Crippen LogP contribution in [0, 0.1) is 17.8 Å². The molecule has 2 bridgehead atoms. The van der Waals surface area contributed by atoms with Gasteiger partial charge in [0.05, 0.1) is 0 Å². The highest BCUT2D eigenvalue weighted by Crippen LogP contribution is 2.44. The van der Waals surface area contributed by atoms with Crippen LogP contribution in [-0.2, 0) is 4.79 Å². The molecule has 1 aliphatic heterocycles. The summed E-state index contributed by atoms with van der Waals surface area (Å²) in [6, 6.07) is 0. The Labute approximate surface area is 116 Å². The molecule has 0 aromatic carbocycles. The Bertz CT molecular complexity index is 322. The van der Waals surface area contributed by atoms with Crippen LogP contribution >= 0.6 is 12.4 Å². The highest BCUT2D eigenvalue weighted by molar-refractivity contribution is 5.85. The number of likely N-dealkylation sites (tertiary alicyclic amines) is 1. The Balaban J connectivity index is 0.00000120. The van der Waals surface area contributed by atoms with Gasteiger partial charge in [-0.15, -0.1) is 12.4 Å². The maximum Gasteiger partial charge on any atom is 0.137 e. The van der Waals surface area contributed by atoms with Crippen molar-refractivity contribution >= 4 is 18.2 Å². The van der Waals surface area contributed by atoms with E-state index in [1.807, 2.05) is 0 Å². The second-order valence-electron chi connectivity index (χ2n) is 6.01. The van der Waals surface area contributed by atoms with Crippen molar-refractivity contribution in [3.63, 3.8) is 0 Å². The fourth-order valence-electron chi connectivity index (χ4n) is 3.79. The van der Waals surface area contributed by atoms with Crippen molar-refractivity contribution in [2.45, 2.75) is 38.5 Å². The number of rotatable bonds is 4. The maximum atomic E-state index is 12.2. The first-order valence-electron chi connectivity index (χ1n) is 7.26. The van der Waals surface area contributed by atoms with Crippen LogP contribution < -0.4 is 0 Å². The van der Waals surface area contributed by atoms with Crippen molar-refractivity contribution in [1.82, 2.24) is 4.90 Å². The quantitative estimate of drug-likeness (QED) is 0.731. The van der Waals surface area contributed by atoms with Gasteiger partial charge in [0.15, 0.2) is 0 Å². The van der Waals surface area contributed by atoms with Crippen LogP contribution in [0.1, 0.15) is 38.5 Å². The van der Waals surface area contributed by atoms with Gasteiger partial charge in [-0.2, -0.15) is 0 Å². The lowest BCUT2D eigenvalue weighted by Crippen LogP contribution is -2.33. The fourth-order valence-corrected chi connectivity index (χ4v) is 3.79. The molecule has 1 saturated heterocycles. The molecule has 0 aromatic rings. The van der Waals surface area contributed by atoms with E-state index in [1.54, 1.807) is 0 Å². The predicted octanol–water partition coefficient (Wildman–Crippen LogP) is 3.07. The molecule has 0 spiro atoms. The molecule has 0 aromatic heterocycles. The van der Waals surface area contributed by atoms with E-state index in [1.165, 1.54) is 38.8 Å². The maximum absolute atomic E-state index is 12.2. The van der Waals surface area contributed by atoms with Crippen LogP contribution in [0.4, 0.5) is 0 Å². The lowest BCUT2D eigenvalue weighted by molar-refractivity contribution is -0.123. The Morgan fingerprint density at radius 3 is 2.50 bits per heavy atom. The molecule has 0 amide bonds. The summed E-state index contributed by atoms with van der Waals surface area (Å²) < 4.78 is 0. The van der Waals surface area contributed by atoms with Gasteiger partial charge in [0.1, 0.15) is 5.78 Å². The number of halogens is 1. The van der Waals surface area contributed by atoms with E-state index in [0.29, 0.717) is 17.6 Å². The second kappa shape index (κ2) is 6.21. The van der Waals surface area contributed by atoms with Crippen LogP contribution in [0.25, 0.3) is 0 Å². The van der Waals surface area contributed by atoms with Crippen LogP contribution in [0.3, 0.4) is 0 Å². The molecule has 3 aliphatic rings. The highest BCUT2D eigenvalue weighted by atomic mass is 35.5. The average Bonchev–Trinajstić information content (AvgIpc) is 2.99. The number of nitrogens with zero attached hydrogens (tertiary/aromatic N) is 1. The molecule has 0 radical (unpaired) electrons. The Hall–Kier alpha value is -0.340. The predicted molar refractivity (Wildman–Crippen MR) is 76.0 cm³/mol. The number of hydrogen-bond donors (Lipinski definition) is 0. The van der Waals surface area contributed by atoms with E-state index in [2.05, 4.69) is 17.1 Å². The third-order valence-corrected chi connectivity index (χ3v) is 4.82. The Kier molecular flexibility index (Phi) is 4.85. The van der Waals surface area contributed by atoms with Gasteiger partial charge < -0.3 is 4.90 Å². The molecular formula is C15H24ClNO. The average molecular weight is 270 g/mol. The monoisotopic (exact) mass is 269 g/mol. The minimum Gasteiger partial charge on any atom is -0.303 e. The Morgan fingerprint density at radius 1 is 1.11 bits per heavy atom. The summed E-state index contributed by atoms with van der Waals surface area (Å²) in [5.74, 6) is 2.22. The largest absolute Gasteiger partial charge is 0.303 e. The van der Waals surface area contributed by atoms with Crippen LogP contribution in [0.2, 0.25) is 0 Å². The first kappa shape index (κ1) is 14.1. The number of allylic oxidation sites excluding steroid dienone is 2. The summed E-state index contributed by atoms with van der Waals surface area (Å²) in [5, 5.41) is 0. The van der Waals surface area contributed by atoms with Gasteiger partial charge >= 0.3 is 0 Å². The zero-order valence-electron chi connectivity index (χ0n) is 11.0. The summed E-state index contributed by atoms with van der Waals surface area (Å²) in [5.41, 5.74) is 0. The number of Topliss-reactive ketones (excluding diaryl/α,β-unsaturated/α-hetero) is 1. The molecule has 0 unspecified atom stereocenters. The summed E-state index contributed by atoms with van der Waals surface area (Å²) in [7, 11) is 0. The lowest BCUT2D eigenvalue weighted by atomic mass is 9.88. The molecule has 3 heteroatoms. The molecule has 2 fully saturated rings. The smallest absolute Gasteiger partial charge is 0.137 e. The van der Waals surface area contributed by atoms with Crippen LogP contribution in [0.15, 0.2) is 12.2 Å². The topological polar surface area (TPSA) is 20.3 Å². The molecule has 1 saturated carbocycles. The van der Waals surface area contributed by atoms with Crippen molar-refractivity contribution in [2.75, 3.05) is 19.6 Å². The van der Waals surface area contributed by atoms with E-state index < -0.39 is 0 Å². The number of carbonyl (C=O) groups is 1. The zero-order valence-corrected chi connectivity index (χ0v) is 11.8. The van der Waals surface area contributed by atoms with Crippen LogP contribution in [-0.4, -0.2) is 30.3 Å². The first-order chi connectivity index (χ1) is 8.33. The van der Waals surface area contributed by atoms with Crippen molar-refractivity contribution in [1.29, 1.82) is 0 Å². The van der Waals surface area contributed by atoms with Crippen LogP contribution in [0.5, 0.6) is 0 Å². The molecule has 102 valence electrons. The number of hydrogen-bond acceptors (Lipinski definition) is 2. The number of piperidine rings is 1. The molecule has 1 heterocycles. The second-order valence-corrected chi connectivity index (χ2v) is 6.01. The normalized spacial score (nSPS) is 34.6. The summed E-state index contributed by atoms with van der Waals surface area (Å²) in [4.78, 5) is 14.7. The molecule has 3 rings (SSSR count). The molecule has 3 atom stereocenters. The van der Waals surface area contributed by atoms with Crippen molar-refractivity contribution in [2.24, 2.45) is 17.8 Å². The van der Waals surface area contributed by atoms with Gasteiger partial charge in [0, 0.05) is 18.9 Å². The molecule has 2 aliphatic carbocycles. The zero-order chi connectivity index (χ0) is 11.7. The van der Waals surface area contributed by atoms with Gasteiger partial charge in [-0.25, -0.2) is 0 Å². The van der Waals surface area contributed by atoms with Crippen molar-refractivity contribution in [3.8, 4) is 0 Å². The minimum atomic E-state index is 0. The number of ketones is 1. The lowest BCUT2D eigenvalue weighted by Gasteiger charge is -2.27. The summed E-state index contributed by atoms with van der Waals surface area (Å²) in [6.07, 6.45) is 11.8. The van der Waals surface area contributed by atoms with E-state index >= 15 is 0 Å². The number of carbonyl (C=O) groups excluding carboxylic acids is 1. The SMILES string of the molecule is Cl.O=C(CCN1CCCCC1)[C@H]1C[C@@H]2C=C[C@H]1C2. The standard InChI is InChI=1S/C15H23NO.ClH/c17-15(6-9-16-7-2-1-3-8-16)14-11-12-4-5-13(14)10-12;/h4-5,12-14H,1-3,6-11H2;1H/t12-,13+,14+;/m1./s1.